The summed E-state index contributed by atoms with van der Waals surface area (Å²) in [4.78, 5) is 2.38. The van der Waals surface area contributed by atoms with Gasteiger partial charge in [0.25, 0.3) is 0 Å². The molecular formula is C15H19FN2. The molecule has 1 aliphatic carbocycles. The Labute approximate surface area is 108 Å². The summed E-state index contributed by atoms with van der Waals surface area (Å²) in [6, 6.07) is 5.70. The summed E-state index contributed by atoms with van der Waals surface area (Å²) in [6.45, 7) is 4.25. The molecule has 0 radical (unpaired) electrons. The third-order valence-corrected chi connectivity index (χ3v) is 3.15. The highest BCUT2D eigenvalue weighted by atomic mass is 19.1. The van der Waals surface area contributed by atoms with Crippen molar-refractivity contribution in [3.63, 3.8) is 0 Å². The molecule has 2 rings (SSSR count). The van der Waals surface area contributed by atoms with Gasteiger partial charge in [-0.25, -0.2) is 4.39 Å². The Kier molecular flexibility index (Phi) is 4.35. The first kappa shape index (κ1) is 13.1. The van der Waals surface area contributed by atoms with Crippen LogP contribution in [-0.2, 0) is 6.54 Å². The van der Waals surface area contributed by atoms with Gasteiger partial charge in [-0.15, -0.1) is 0 Å². The topological polar surface area (TPSA) is 29.3 Å². The van der Waals surface area contributed by atoms with Crippen molar-refractivity contribution in [2.24, 2.45) is 5.73 Å². The van der Waals surface area contributed by atoms with Crippen molar-refractivity contribution >= 4 is 0 Å². The summed E-state index contributed by atoms with van der Waals surface area (Å²) in [7, 11) is 0. The molecule has 2 N–H and O–H groups in total. The largest absolute Gasteiger partial charge is 0.320 e. The molecule has 1 aromatic rings. The molecule has 0 aliphatic heterocycles. The molecule has 0 spiro atoms. The van der Waals surface area contributed by atoms with Gasteiger partial charge >= 0.3 is 0 Å². The maximum absolute atomic E-state index is 13.5. The van der Waals surface area contributed by atoms with Crippen LogP contribution < -0.4 is 5.73 Å². The van der Waals surface area contributed by atoms with Gasteiger partial charge in [-0.2, -0.15) is 0 Å². The Morgan fingerprint density at radius 3 is 2.78 bits per heavy atom. The number of rotatable bonds is 4. The van der Waals surface area contributed by atoms with E-state index in [1.54, 1.807) is 6.07 Å². The number of hydrogen-bond donors (Lipinski definition) is 1. The van der Waals surface area contributed by atoms with Crippen LogP contribution in [0.3, 0.4) is 0 Å². The van der Waals surface area contributed by atoms with E-state index in [0.29, 0.717) is 18.2 Å². The first-order valence-electron chi connectivity index (χ1n) is 6.45. The third-order valence-electron chi connectivity index (χ3n) is 3.15. The van der Waals surface area contributed by atoms with Gasteiger partial charge in [-0.1, -0.05) is 18.8 Å². The van der Waals surface area contributed by atoms with Crippen LogP contribution in [0.25, 0.3) is 0 Å². The lowest BCUT2D eigenvalue weighted by molar-refractivity contribution is 0.269. The molecule has 0 aromatic heterocycles. The molecule has 18 heavy (non-hydrogen) atoms. The third kappa shape index (κ3) is 3.56. The molecule has 2 nitrogen and oxygen atoms in total. The normalized spacial score (nSPS) is 14.4. The Morgan fingerprint density at radius 2 is 2.17 bits per heavy atom. The molecule has 0 heterocycles. The van der Waals surface area contributed by atoms with Crippen molar-refractivity contribution in [1.82, 2.24) is 4.90 Å². The zero-order chi connectivity index (χ0) is 13.0. The fourth-order valence-corrected chi connectivity index (χ4v) is 2.14. The van der Waals surface area contributed by atoms with Crippen molar-refractivity contribution in [3.05, 3.63) is 35.1 Å². The van der Waals surface area contributed by atoms with Gasteiger partial charge in [-0.3, -0.25) is 4.90 Å². The van der Waals surface area contributed by atoms with E-state index in [1.165, 1.54) is 18.9 Å². The Hall–Kier alpha value is -1.37. The van der Waals surface area contributed by atoms with Crippen LogP contribution in [-0.4, -0.2) is 24.0 Å². The monoisotopic (exact) mass is 246 g/mol. The van der Waals surface area contributed by atoms with Gasteiger partial charge in [0.2, 0.25) is 0 Å². The van der Waals surface area contributed by atoms with Crippen molar-refractivity contribution in [1.29, 1.82) is 0 Å². The molecule has 0 atom stereocenters. The van der Waals surface area contributed by atoms with Crippen LogP contribution in [0, 0.1) is 17.7 Å². The second kappa shape index (κ2) is 5.99. The van der Waals surface area contributed by atoms with Gasteiger partial charge in [0.1, 0.15) is 5.82 Å². The fraction of sp³-hybridized carbons (Fsp3) is 0.467. The molecule has 1 aliphatic rings. The highest BCUT2D eigenvalue weighted by Gasteiger charge is 2.27. The van der Waals surface area contributed by atoms with Crippen molar-refractivity contribution in [2.45, 2.75) is 32.4 Å². The van der Waals surface area contributed by atoms with Gasteiger partial charge < -0.3 is 5.73 Å². The van der Waals surface area contributed by atoms with E-state index in [2.05, 4.69) is 23.7 Å². The molecule has 1 aromatic carbocycles. The van der Waals surface area contributed by atoms with E-state index < -0.39 is 0 Å². The van der Waals surface area contributed by atoms with Gasteiger partial charge in [0.05, 0.1) is 6.54 Å². The molecule has 0 amide bonds. The minimum atomic E-state index is -0.222. The van der Waals surface area contributed by atoms with Crippen LogP contribution in [0.4, 0.5) is 4.39 Å². The van der Waals surface area contributed by atoms with E-state index in [-0.39, 0.29) is 5.82 Å². The summed E-state index contributed by atoms with van der Waals surface area (Å²) in [5, 5.41) is 0. The quantitative estimate of drug-likeness (QED) is 0.825. The predicted molar refractivity (Wildman–Crippen MR) is 71.4 cm³/mol. The van der Waals surface area contributed by atoms with E-state index in [0.717, 1.165) is 18.7 Å². The number of hydrogen-bond acceptors (Lipinski definition) is 2. The zero-order valence-electron chi connectivity index (χ0n) is 10.7. The second-order valence-corrected chi connectivity index (χ2v) is 4.65. The standard InChI is InChI=1S/C15H19FN2/c1-2-18(15-5-6-15)11-13-8-12(4-3-7-17)9-14(16)10-13/h8-10,15H,2,5-7,11,17H2,1H3. The van der Waals surface area contributed by atoms with Crippen molar-refractivity contribution in [3.8, 4) is 11.8 Å². The summed E-state index contributed by atoms with van der Waals surface area (Å²) in [5.74, 6) is 5.43. The maximum atomic E-state index is 13.5. The Balaban J connectivity index is 2.13. The highest BCUT2D eigenvalue weighted by Crippen LogP contribution is 2.28. The van der Waals surface area contributed by atoms with Crippen LogP contribution in [0.5, 0.6) is 0 Å². The van der Waals surface area contributed by atoms with E-state index in [1.807, 2.05) is 6.07 Å². The minimum Gasteiger partial charge on any atom is -0.320 e. The van der Waals surface area contributed by atoms with Gasteiger partial charge in [0, 0.05) is 18.2 Å². The van der Waals surface area contributed by atoms with Crippen molar-refractivity contribution < 1.29 is 4.39 Å². The maximum Gasteiger partial charge on any atom is 0.124 e. The zero-order valence-corrected chi connectivity index (χ0v) is 10.7. The van der Waals surface area contributed by atoms with Crippen LogP contribution in [0.1, 0.15) is 30.9 Å². The minimum absolute atomic E-state index is 0.222. The van der Waals surface area contributed by atoms with Crippen molar-refractivity contribution in [2.75, 3.05) is 13.1 Å². The lowest BCUT2D eigenvalue weighted by Gasteiger charge is -2.19. The number of halogens is 1. The predicted octanol–water partition coefficient (Wildman–Crippen LogP) is 2.12. The average molecular weight is 246 g/mol. The molecular weight excluding hydrogens is 227 g/mol. The SMILES string of the molecule is CCN(Cc1cc(F)cc(C#CCN)c1)C1CC1. The fourth-order valence-electron chi connectivity index (χ4n) is 2.14. The van der Waals surface area contributed by atoms with Gasteiger partial charge in [0.15, 0.2) is 0 Å². The number of nitrogens with zero attached hydrogens (tertiary/aromatic N) is 1. The molecule has 0 bridgehead atoms. The number of benzene rings is 1. The van der Waals surface area contributed by atoms with Crippen LogP contribution in [0.15, 0.2) is 18.2 Å². The lowest BCUT2D eigenvalue weighted by atomic mass is 10.1. The van der Waals surface area contributed by atoms with E-state index >= 15 is 0 Å². The average Bonchev–Trinajstić information content (AvgIpc) is 3.17. The summed E-state index contributed by atoms with van der Waals surface area (Å²) < 4.78 is 13.5. The van der Waals surface area contributed by atoms with Crippen LogP contribution >= 0.6 is 0 Å². The van der Waals surface area contributed by atoms with Crippen LogP contribution in [0.2, 0.25) is 0 Å². The van der Waals surface area contributed by atoms with E-state index in [9.17, 15) is 4.39 Å². The highest BCUT2D eigenvalue weighted by molar-refractivity contribution is 5.38. The molecule has 3 heteroatoms. The Bertz CT molecular complexity index is 469. The Morgan fingerprint density at radius 1 is 1.39 bits per heavy atom. The molecule has 1 fully saturated rings. The lowest BCUT2D eigenvalue weighted by Crippen LogP contribution is -2.25. The molecule has 0 saturated heterocycles. The summed E-state index contributed by atoms with van der Waals surface area (Å²) >= 11 is 0. The first-order valence-corrected chi connectivity index (χ1v) is 6.45. The molecule has 1 saturated carbocycles. The second-order valence-electron chi connectivity index (χ2n) is 4.65. The molecule has 96 valence electrons. The summed E-state index contributed by atoms with van der Waals surface area (Å²) in [6.07, 6.45) is 2.53. The van der Waals surface area contributed by atoms with E-state index in [4.69, 9.17) is 5.73 Å². The van der Waals surface area contributed by atoms with Gasteiger partial charge in [-0.05, 0) is 43.1 Å². The number of nitrogens with two attached hydrogens (primary N) is 1. The first-order chi connectivity index (χ1) is 8.72. The molecule has 0 unspecified atom stereocenters. The smallest absolute Gasteiger partial charge is 0.124 e. The summed E-state index contributed by atoms with van der Waals surface area (Å²) in [5.41, 5.74) is 7.03.